The van der Waals surface area contributed by atoms with Crippen molar-refractivity contribution in [3.05, 3.63) is 132 Å². The van der Waals surface area contributed by atoms with Gasteiger partial charge >= 0.3 is 11.9 Å². The van der Waals surface area contributed by atoms with Crippen molar-refractivity contribution in [2.75, 3.05) is 0 Å². The first-order valence-corrected chi connectivity index (χ1v) is 11.8. The van der Waals surface area contributed by atoms with Crippen molar-refractivity contribution in [3.63, 3.8) is 0 Å². The SMILES string of the molecule is O=C(OCc1ccccc1-c1ccccc1)C1C(c2ccccc2)[C@H](C(=O)O)[C@H]1c1ccccc1. The highest BCUT2D eigenvalue weighted by Crippen LogP contribution is 2.58. The highest BCUT2D eigenvalue weighted by atomic mass is 16.5. The van der Waals surface area contributed by atoms with Crippen molar-refractivity contribution in [1.29, 1.82) is 0 Å². The number of ether oxygens (including phenoxy) is 1. The van der Waals surface area contributed by atoms with Crippen molar-refractivity contribution in [2.45, 2.75) is 18.4 Å². The van der Waals surface area contributed by atoms with Gasteiger partial charge < -0.3 is 9.84 Å². The summed E-state index contributed by atoms with van der Waals surface area (Å²) in [7, 11) is 0. The Morgan fingerprint density at radius 1 is 0.629 bits per heavy atom. The smallest absolute Gasteiger partial charge is 0.310 e. The summed E-state index contributed by atoms with van der Waals surface area (Å²) in [5.74, 6) is -3.44. The van der Waals surface area contributed by atoms with Crippen LogP contribution >= 0.6 is 0 Å². The molecule has 1 saturated carbocycles. The molecule has 1 aliphatic rings. The van der Waals surface area contributed by atoms with Crippen LogP contribution in [0.15, 0.2) is 115 Å². The Hall–Kier alpha value is -4.18. The molecule has 0 heterocycles. The van der Waals surface area contributed by atoms with Crippen LogP contribution in [0.5, 0.6) is 0 Å². The van der Waals surface area contributed by atoms with Gasteiger partial charge in [-0.2, -0.15) is 0 Å². The highest BCUT2D eigenvalue weighted by molar-refractivity contribution is 5.84. The molecule has 0 aromatic heterocycles. The van der Waals surface area contributed by atoms with Gasteiger partial charge in [0.25, 0.3) is 0 Å². The van der Waals surface area contributed by atoms with E-state index >= 15 is 0 Å². The van der Waals surface area contributed by atoms with Gasteiger partial charge in [0, 0.05) is 11.8 Å². The zero-order chi connectivity index (χ0) is 24.2. The molecule has 5 rings (SSSR count). The van der Waals surface area contributed by atoms with E-state index < -0.39 is 29.6 Å². The normalized spacial score (nSPS) is 21.0. The van der Waals surface area contributed by atoms with Crippen LogP contribution < -0.4 is 0 Å². The minimum atomic E-state index is -0.897. The first-order chi connectivity index (χ1) is 17.1. The Balaban J connectivity index is 1.44. The fourth-order valence-electron chi connectivity index (χ4n) is 5.32. The lowest BCUT2D eigenvalue weighted by Crippen LogP contribution is -2.51. The molecule has 4 aromatic carbocycles. The summed E-state index contributed by atoms with van der Waals surface area (Å²) < 4.78 is 5.89. The number of esters is 1. The molecule has 1 fully saturated rings. The Morgan fingerprint density at radius 2 is 1.11 bits per heavy atom. The monoisotopic (exact) mass is 462 g/mol. The molecule has 1 N–H and O–H groups in total. The summed E-state index contributed by atoms with van der Waals surface area (Å²) in [6.45, 7) is 0.126. The topological polar surface area (TPSA) is 63.6 Å². The van der Waals surface area contributed by atoms with E-state index in [1.54, 1.807) is 0 Å². The molecule has 0 amide bonds. The minimum absolute atomic E-state index is 0.126. The lowest BCUT2D eigenvalue weighted by atomic mass is 9.52. The number of hydrogen-bond acceptors (Lipinski definition) is 3. The largest absolute Gasteiger partial charge is 0.481 e. The number of carboxylic acid groups (broad SMARTS) is 1. The van der Waals surface area contributed by atoms with Crippen LogP contribution in [0.3, 0.4) is 0 Å². The standard InChI is InChI=1S/C31H26O4/c32-30(33)28-26(22-14-6-2-7-15-22)29(27(28)23-16-8-3-9-17-23)31(34)35-20-24-18-10-11-19-25(24)21-12-4-1-5-13-21/h1-19,26-29H,20H2,(H,32,33)/t26-,27?,28-,29?/m1/s1. The van der Waals surface area contributed by atoms with E-state index in [1.165, 1.54) is 0 Å². The third-order valence-corrected chi connectivity index (χ3v) is 6.95. The third-order valence-electron chi connectivity index (χ3n) is 6.95. The van der Waals surface area contributed by atoms with Gasteiger partial charge in [0.1, 0.15) is 6.61 Å². The number of rotatable bonds is 7. The zero-order valence-electron chi connectivity index (χ0n) is 19.2. The van der Waals surface area contributed by atoms with Crippen LogP contribution in [-0.4, -0.2) is 17.0 Å². The Kier molecular flexibility index (Phi) is 6.44. The number of benzene rings is 4. The van der Waals surface area contributed by atoms with Gasteiger partial charge in [0.2, 0.25) is 0 Å². The predicted octanol–water partition coefficient (Wildman–Crippen LogP) is 6.30. The summed E-state index contributed by atoms with van der Waals surface area (Å²) in [4.78, 5) is 25.9. The molecule has 0 saturated heterocycles. The molecule has 0 radical (unpaired) electrons. The lowest BCUT2D eigenvalue weighted by molar-refractivity contribution is -0.165. The molecular formula is C31H26O4. The number of hydrogen-bond donors (Lipinski definition) is 1. The van der Waals surface area contributed by atoms with Crippen LogP contribution in [0, 0.1) is 11.8 Å². The molecule has 2 unspecified atom stereocenters. The number of carbonyl (C=O) groups is 2. The van der Waals surface area contributed by atoms with Crippen molar-refractivity contribution >= 4 is 11.9 Å². The molecule has 0 aliphatic heterocycles. The van der Waals surface area contributed by atoms with Crippen LogP contribution in [0.1, 0.15) is 28.5 Å². The molecule has 1 aliphatic carbocycles. The summed E-state index contributed by atoms with van der Waals surface area (Å²) in [6.07, 6.45) is 0. The molecule has 0 bridgehead atoms. The first-order valence-electron chi connectivity index (χ1n) is 11.8. The zero-order valence-corrected chi connectivity index (χ0v) is 19.2. The summed E-state index contributed by atoms with van der Waals surface area (Å²) in [5.41, 5.74) is 4.67. The highest BCUT2D eigenvalue weighted by Gasteiger charge is 2.59. The maximum absolute atomic E-state index is 13.6. The van der Waals surface area contributed by atoms with Crippen LogP contribution in [0.25, 0.3) is 11.1 Å². The molecular weight excluding hydrogens is 436 g/mol. The average Bonchev–Trinajstić information content (AvgIpc) is 2.89. The van der Waals surface area contributed by atoms with Gasteiger partial charge in [-0.3, -0.25) is 9.59 Å². The fraction of sp³-hybridized carbons (Fsp3) is 0.161. The van der Waals surface area contributed by atoms with E-state index in [-0.39, 0.29) is 12.6 Å². The second-order valence-corrected chi connectivity index (χ2v) is 8.89. The molecule has 4 atom stereocenters. The van der Waals surface area contributed by atoms with E-state index in [1.807, 2.05) is 115 Å². The van der Waals surface area contributed by atoms with Gasteiger partial charge in [-0.15, -0.1) is 0 Å². The second-order valence-electron chi connectivity index (χ2n) is 8.89. The van der Waals surface area contributed by atoms with E-state index in [0.717, 1.165) is 27.8 Å². The van der Waals surface area contributed by atoms with Crippen molar-refractivity contribution < 1.29 is 19.4 Å². The summed E-state index contributed by atoms with van der Waals surface area (Å²) >= 11 is 0. The number of carboxylic acids is 1. The quantitative estimate of drug-likeness (QED) is 0.328. The molecule has 35 heavy (non-hydrogen) atoms. The predicted molar refractivity (Wildman–Crippen MR) is 135 cm³/mol. The minimum Gasteiger partial charge on any atom is -0.481 e. The molecule has 4 heteroatoms. The van der Waals surface area contributed by atoms with E-state index in [2.05, 4.69) is 0 Å². The lowest BCUT2D eigenvalue weighted by Gasteiger charge is -2.49. The molecule has 174 valence electrons. The maximum atomic E-state index is 13.6. The average molecular weight is 463 g/mol. The second kappa shape index (κ2) is 9.98. The fourth-order valence-corrected chi connectivity index (χ4v) is 5.32. The summed E-state index contributed by atoms with van der Waals surface area (Å²) in [5, 5.41) is 10.1. The molecule has 0 spiro atoms. The number of carbonyl (C=O) groups excluding carboxylic acids is 1. The van der Waals surface area contributed by atoms with E-state index in [0.29, 0.717) is 0 Å². The van der Waals surface area contributed by atoms with Gasteiger partial charge in [-0.25, -0.2) is 0 Å². The van der Waals surface area contributed by atoms with Crippen LogP contribution in [0.4, 0.5) is 0 Å². The van der Waals surface area contributed by atoms with Gasteiger partial charge in [0.15, 0.2) is 0 Å². The van der Waals surface area contributed by atoms with Gasteiger partial charge in [-0.05, 0) is 27.8 Å². The van der Waals surface area contributed by atoms with Crippen molar-refractivity contribution in [2.24, 2.45) is 11.8 Å². The molecule has 4 nitrogen and oxygen atoms in total. The van der Waals surface area contributed by atoms with Crippen molar-refractivity contribution in [3.8, 4) is 11.1 Å². The third kappa shape index (κ3) is 4.47. The van der Waals surface area contributed by atoms with Crippen LogP contribution in [-0.2, 0) is 20.9 Å². The van der Waals surface area contributed by atoms with E-state index in [9.17, 15) is 14.7 Å². The number of aliphatic carboxylic acids is 1. The summed E-state index contributed by atoms with van der Waals surface area (Å²) in [6, 6.07) is 36.7. The first kappa shape index (κ1) is 22.6. The van der Waals surface area contributed by atoms with Crippen LogP contribution in [0.2, 0.25) is 0 Å². The van der Waals surface area contributed by atoms with Gasteiger partial charge in [0.05, 0.1) is 11.8 Å². The maximum Gasteiger partial charge on any atom is 0.310 e. The molecule has 4 aromatic rings. The Bertz CT molecular complexity index is 1250. The van der Waals surface area contributed by atoms with Crippen molar-refractivity contribution in [1.82, 2.24) is 0 Å². The Labute approximate surface area is 204 Å². The van der Waals surface area contributed by atoms with Gasteiger partial charge in [-0.1, -0.05) is 115 Å². The Morgan fingerprint density at radius 3 is 1.66 bits per heavy atom. The van der Waals surface area contributed by atoms with E-state index in [4.69, 9.17) is 4.74 Å².